The van der Waals surface area contributed by atoms with Crippen LogP contribution in [0.4, 0.5) is 11.4 Å². The van der Waals surface area contributed by atoms with Crippen molar-refractivity contribution >= 4 is 40.8 Å². The summed E-state index contributed by atoms with van der Waals surface area (Å²) in [4.78, 5) is 18.5. The summed E-state index contributed by atoms with van der Waals surface area (Å²) >= 11 is 7.54. The number of halogens is 1. The lowest BCUT2D eigenvalue weighted by molar-refractivity contribution is -0.123. The molecule has 3 aromatic rings. The number of hydrogen-bond acceptors (Lipinski definition) is 4. The van der Waals surface area contributed by atoms with Crippen LogP contribution in [0.1, 0.15) is 40.2 Å². The summed E-state index contributed by atoms with van der Waals surface area (Å²) in [6.07, 6.45) is 0.899. The van der Waals surface area contributed by atoms with Crippen molar-refractivity contribution in [3.8, 4) is 11.1 Å². The maximum Gasteiger partial charge on any atom is 0.233 e. The molecule has 1 amide bonds. The summed E-state index contributed by atoms with van der Waals surface area (Å²) in [5, 5.41) is 6.49. The fourth-order valence-electron chi connectivity index (χ4n) is 4.59. The molecule has 2 N–H and O–H groups in total. The van der Waals surface area contributed by atoms with E-state index in [0.717, 1.165) is 51.9 Å². The highest BCUT2D eigenvalue weighted by Crippen LogP contribution is 2.38. The van der Waals surface area contributed by atoms with E-state index in [-0.39, 0.29) is 17.9 Å². The molecule has 2 heterocycles. The quantitative estimate of drug-likeness (QED) is 0.371. The molecule has 1 saturated heterocycles. The van der Waals surface area contributed by atoms with E-state index >= 15 is 0 Å². The minimum absolute atomic E-state index is 0.0193. The van der Waals surface area contributed by atoms with Crippen molar-refractivity contribution in [2.24, 2.45) is 11.1 Å². The van der Waals surface area contributed by atoms with Crippen molar-refractivity contribution < 1.29 is 4.79 Å². The molecule has 35 heavy (non-hydrogen) atoms. The second-order valence-electron chi connectivity index (χ2n) is 8.30. The Balaban J connectivity index is 0.000000815. The van der Waals surface area contributed by atoms with Crippen LogP contribution in [0.3, 0.4) is 0 Å². The van der Waals surface area contributed by atoms with Crippen molar-refractivity contribution in [1.29, 1.82) is 0 Å². The van der Waals surface area contributed by atoms with E-state index in [0.29, 0.717) is 0 Å². The van der Waals surface area contributed by atoms with Gasteiger partial charge < -0.3 is 9.80 Å². The molecular weight excluding hydrogens is 474 g/mol. The molecule has 0 radical (unpaired) electrons. The van der Waals surface area contributed by atoms with Crippen molar-refractivity contribution in [2.75, 3.05) is 22.9 Å². The predicted molar refractivity (Wildman–Crippen MR) is 152 cm³/mol. The Morgan fingerprint density at radius 1 is 0.971 bits per heavy atom. The molecule has 0 spiro atoms. The molecule has 186 valence electrons. The number of amides is 1. The van der Waals surface area contributed by atoms with Gasteiger partial charge in [0.1, 0.15) is 0 Å². The number of benzene rings is 3. The SMILES string of the molecule is CC.CC.CC1Cc2ccc(SN)cc2N1C(=O)C1CN(c2ccc(-c3ccccc3Cl)cc2)C1. The topological polar surface area (TPSA) is 49.6 Å². The number of anilines is 2. The van der Waals surface area contributed by atoms with Gasteiger partial charge in [-0.25, -0.2) is 0 Å². The lowest BCUT2D eigenvalue weighted by atomic mass is 9.96. The van der Waals surface area contributed by atoms with Crippen LogP contribution in [0.2, 0.25) is 5.02 Å². The van der Waals surface area contributed by atoms with E-state index in [2.05, 4.69) is 42.2 Å². The molecule has 1 fully saturated rings. The third-order valence-electron chi connectivity index (χ3n) is 6.29. The molecule has 6 heteroatoms. The number of rotatable bonds is 4. The van der Waals surface area contributed by atoms with Crippen molar-refractivity contribution in [3.05, 3.63) is 77.3 Å². The first-order valence-corrected chi connectivity index (χ1v) is 13.7. The standard InChI is InChI=1S/C25H24ClN3OS.2C2H6/c1-16-12-18-8-11-21(31-27)13-24(18)29(16)25(30)19-14-28(15-19)20-9-6-17(7-10-20)22-4-2-3-5-23(22)26;2*1-2/h2-11,13,16,19H,12,14-15,27H2,1H3;2*1-2H3. The monoisotopic (exact) mass is 509 g/mol. The highest BCUT2D eigenvalue weighted by atomic mass is 35.5. The first-order valence-electron chi connectivity index (χ1n) is 12.5. The van der Waals surface area contributed by atoms with Gasteiger partial charge in [0.25, 0.3) is 0 Å². The Morgan fingerprint density at radius 3 is 2.26 bits per heavy atom. The third kappa shape index (κ3) is 5.69. The Morgan fingerprint density at radius 2 is 1.63 bits per heavy atom. The summed E-state index contributed by atoms with van der Waals surface area (Å²) in [6, 6.07) is 22.6. The Hall–Kier alpha value is -2.47. The van der Waals surface area contributed by atoms with Gasteiger partial charge >= 0.3 is 0 Å². The van der Waals surface area contributed by atoms with Gasteiger partial charge in [0, 0.05) is 46.0 Å². The minimum Gasteiger partial charge on any atom is -0.370 e. The van der Waals surface area contributed by atoms with Gasteiger partial charge in [-0.1, -0.05) is 75.7 Å². The fourth-order valence-corrected chi connectivity index (χ4v) is 5.16. The Bertz CT molecular complexity index is 1130. The Labute approximate surface area is 219 Å². The molecule has 3 aromatic carbocycles. The number of carbonyl (C=O) groups excluding carboxylic acids is 1. The minimum atomic E-state index is 0.0193. The van der Waals surface area contributed by atoms with Crippen LogP contribution in [-0.4, -0.2) is 25.0 Å². The third-order valence-corrected chi connectivity index (χ3v) is 7.15. The van der Waals surface area contributed by atoms with E-state index < -0.39 is 0 Å². The highest BCUT2D eigenvalue weighted by Gasteiger charge is 2.40. The lowest BCUT2D eigenvalue weighted by Crippen LogP contribution is -2.55. The molecule has 5 rings (SSSR count). The number of nitrogens with zero attached hydrogens (tertiary/aromatic N) is 2. The number of nitrogens with two attached hydrogens (primary N) is 1. The molecule has 1 unspecified atom stereocenters. The predicted octanol–water partition coefficient (Wildman–Crippen LogP) is 7.44. The van der Waals surface area contributed by atoms with Gasteiger partial charge in [-0.2, -0.15) is 0 Å². The van der Waals surface area contributed by atoms with Crippen LogP contribution in [0.5, 0.6) is 0 Å². The zero-order valence-corrected chi connectivity index (χ0v) is 22.9. The van der Waals surface area contributed by atoms with E-state index in [1.807, 2.05) is 69.0 Å². The highest BCUT2D eigenvalue weighted by molar-refractivity contribution is 7.97. The number of carbonyl (C=O) groups is 1. The zero-order chi connectivity index (χ0) is 25.5. The molecule has 2 aliphatic rings. The van der Waals surface area contributed by atoms with Gasteiger partial charge in [-0.05, 0) is 66.8 Å². The summed E-state index contributed by atoms with van der Waals surface area (Å²) < 4.78 is 0. The van der Waals surface area contributed by atoms with Gasteiger partial charge in [0.15, 0.2) is 0 Å². The summed E-state index contributed by atoms with van der Waals surface area (Å²) in [5.74, 6) is 0.236. The van der Waals surface area contributed by atoms with Gasteiger partial charge in [0.05, 0.1) is 5.92 Å². The van der Waals surface area contributed by atoms with Crippen LogP contribution >= 0.6 is 23.5 Å². The average Bonchev–Trinajstić information content (AvgIpc) is 3.21. The number of fused-ring (bicyclic) bond motifs is 1. The van der Waals surface area contributed by atoms with Crippen molar-refractivity contribution in [3.63, 3.8) is 0 Å². The van der Waals surface area contributed by atoms with Gasteiger partial charge in [-0.15, -0.1) is 0 Å². The molecule has 0 aromatic heterocycles. The van der Waals surface area contributed by atoms with Gasteiger partial charge in [0.2, 0.25) is 5.91 Å². The first-order chi connectivity index (χ1) is 17.0. The molecule has 4 nitrogen and oxygen atoms in total. The molecule has 0 aliphatic carbocycles. The molecule has 0 bridgehead atoms. The smallest absolute Gasteiger partial charge is 0.233 e. The zero-order valence-electron chi connectivity index (χ0n) is 21.3. The summed E-state index contributed by atoms with van der Waals surface area (Å²) in [7, 11) is 0. The van der Waals surface area contributed by atoms with E-state index in [1.54, 1.807) is 0 Å². The largest absolute Gasteiger partial charge is 0.370 e. The Kier molecular flexibility index (Phi) is 9.67. The molecule has 2 aliphatic heterocycles. The first kappa shape index (κ1) is 27.1. The maximum atomic E-state index is 13.3. The molecular formula is C29H36ClN3OS. The second kappa shape index (κ2) is 12.5. The van der Waals surface area contributed by atoms with Crippen LogP contribution in [-0.2, 0) is 11.2 Å². The van der Waals surface area contributed by atoms with Crippen molar-refractivity contribution in [1.82, 2.24) is 0 Å². The van der Waals surface area contributed by atoms with E-state index in [4.69, 9.17) is 16.7 Å². The fraction of sp³-hybridized carbons (Fsp3) is 0.345. The summed E-state index contributed by atoms with van der Waals surface area (Å²) in [5.41, 5.74) is 5.51. The summed E-state index contributed by atoms with van der Waals surface area (Å²) in [6.45, 7) is 11.6. The van der Waals surface area contributed by atoms with Crippen LogP contribution in [0.15, 0.2) is 71.6 Å². The molecule has 1 atom stereocenters. The van der Waals surface area contributed by atoms with Crippen LogP contribution in [0, 0.1) is 5.92 Å². The van der Waals surface area contributed by atoms with Gasteiger partial charge in [-0.3, -0.25) is 9.93 Å². The van der Waals surface area contributed by atoms with Crippen LogP contribution < -0.4 is 14.9 Å². The van der Waals surface area contributed by atoms with E-state index in [1.165, 1.54) is 17.5 Å². The van der Waals surface area contributed by atoms with Crippen LogP contribution in [0.25, 0.3) is 11.1 Å². The number of hydrogen-bond donors (Lipinski definition) is 1. The normalized spacial score (nSPS) is 16.4. The van der Waals surface area contributed by atoms with Crippen molar-refractivity contribution in [2.45, 2.75) is 52.0 Å². The lowest BCUT2D eigenvalue weighted by Gasteiger charge is -2.42. The van der Waals surface area contributed by atoms with E-state index in [9.17, 15) is 4.79 Å². The molecule has 0 saturated carbocycles. The average molecular weight is 510 g/mol. The maximum absolute atomic E-state index is 13.3. The second-order valence-corrected chi connectivity index (χ2v) is 9.41.